The van der Waals surface area contributed by atoms with Gasteiger partial charge >= 0.3 is 0 Å². The minimum Gasteiger partial charge on any atom is -0.267 e. The summed E-state index contributed by atoms with van der Waals surface area (Å²) in [5.74, 6) is -0.769. The number of nitrogens with one attached hydrogen (secondary N) is 1. The maximum Gasteiger partial charge on any atom is 0.276 e. The van der Waals surface area contributed by atoms with Gasteiger partial charge in [0, 0.05) is 0 Å². The van der Waals surface area contributed by atoms with Gasteiger partial charge in [0.25, 0.3) is 5.91 Å². The van der Waals surface area contributed by atoms with E-state index in [4.69, 9.17) is 5.73 Å². The Kier molecular flexibility index (Phi) is 1.87. The van der Waals surface area contributed by atoms with Gasteiger partial charge in [-0.2, -0.15) is 0 Å². The third-order valence-corrected chi connectivity index (χ3v) is 0.606. The van der Waals surface area contributed by atoms with Crippen LogP contribution in [0.2, 0.25) is 0 Å². The van der Waals surface area contributed by atoms with Gasteiger partial charge in [-0.3, -0.25) is 10.5 Å². The minimum absolute atomic E-state index is 0.0995. The molecule has 0 aromatic rings. The van der Waals surface area contributed by atoms with Crippen molar-refractivity contribution < 1.29 is 4.79 Å². The van der Waals surface area contributed by atoms with E-state index >= 15 is 0 Å². The molecule has 0 aromatic heterocycles. The van der Waals surface area contributed by atoms with E-state index in [1.54, 1.807) is 0 Å². The second kappa shape index (κ2) is 1.97. The molecule has 0 aliphatic heterocycles. The molecule has 6 heavy (non-hydrogen) atoms. The van der Waals surface area contributed by atoms with E-state index in [1.807, 2.05) is 0 Å². The quantitative estimate of drug-likeness (QED) is 0.506. The van der Waals surface area contributed by atoms with Crippen molar-refractivity contribution in [3.05, 3.63) is 11.1 Å². The Morgan fingerprint density at radius 3 is 2.00 bits per heavy atom. The molecule has 0 saturated heterocycles. The SMILES string of the molecule is C=C(Br)C([NH])=O. The summed E-state index contributed by atoms with van der Waals surface area (Å²) in [6, 6.07) is 0. The lowest BCUT2D eigenvalue weighted by Gasteiger charge is -1.76. The van der Waals surface area contributed by atoms with Gasteiger partial charge in [-0.25, -0.2) is 0 Å². The van der Waals surface area contributed by atoms with Gasteiger partial charge in [-0.15, -0.1) is 0 Å². The van der Waals surface area contributed by atoms with E-state index in [2.05, 4.69) is 22.5 Å². The molecule has 1 radical (unpaired) electrons. The first-order valence-corrected chi connectivity index (χ1v) is 2.04. The third-order valence-electron chi connectivity index (χ3n) is 0.246. The molecule has 1 amide bonds. The summed E-state index contributed by atoms with van der Waals surface area (Å²) in [6.07, 6.45) is 0. The monoisotopic (exact) mass is 148 g/mol. The van der Waals surface area contributed by atoms with Crippen LogP contribution in [0.25, 0.3) is 0 Å². The summed E-state index contributed by atoms with van der Waals surface area (Å²) >= 11 is 2.71. The van der Waals surface area contributed by atoms with Gasteiger partial charge in [-0.05, 0) is 15.9 Å². The minimum atomic E-state index is -0.769. The molecule has 0 heterocycles. The molecule has 0 aliphatic rings. The van der Waals surface area contributed by atoms with Gasteiger partial charge in [0.15, 0.2) is 0 Å². The van der Waals surface area contributed by atoms with Crippen LogP contribution in [-0.4, -0.2) is 5.91 Å². The molecule has 0 saturated carbocycles. The van der Waals surface area contributed by atoms with Crippen molar-refractivity contribution in [2.24, 2.45) is 0 Å². The molecule has 0 spiro atoms. The number of hydrogen-bond donors (Lipinski definition) is 0. The first kappa shape index (κ1) is 5.69. The van der Waals surface area contributed by atoms with Crippen molar-refractivity contribution in [2.45, 2.75) is 0 Å². The fraction of sp³-hybridized carbons (Fsp3) is 0. The number of hydrogen-bond acceptors (Lipinski definition) is 1. The van der Waals surface area contributed by atoms with Crippen LogP contribution in [0.15, 0.2) is 11.1 Å². The zero-order valence-corrected chi connectivity index (χ0v) is 4.58. The van der Waals surface area contributed by atoms with Crippen molar-refractivity contribution in [3.63, 3.8) is 0 Å². The predicted octanol–water partition coefficient (Wildman–Crippen LogP) is 0.704. The standard InChI is InChI=1S/C3H3BrNO/c1-2(4)3(5)6/h5H,1H2. The van der Waals surface area contributed by atoms with E-state index in [0.29, 0.717) is 0 Å². The van der Waals surface area contributed by atoms with Crippen molar-refractivity contribution in [1.29, 1.82) is 0 Å². The van der Waals surface area contributed by atoms with Crippen molar-refractivity contribution in [2.75, 3.05) is 0 Å². The van der Waals surface area contributed by atoms with Crippen LogP contribution < -0.4 is 5.73 Å². The fourth-order valence-electron chi connectivity index (χ4n) is 0. The van der Waals surface area contributed by atoms with Crippen molar-refractivity contribution in [3.8, 4) is 0 Å². The van der Waals surface area contributed by atoms with Gasteiger partial charge in [0.05, 0.1) is 4.48 Å². The molecule has 33 valence electrons. The molecule has 0 atom stereocenters. The molecule has 0 aliphatic carbocycles. The Balaban J connectivity index is 3.57. The summed E-state index contributed by atoms with van der Waals surface area (Å²) in [5.41, 5.74) is 6.25. The Hall–Kier alpha value is -0.310. The number of rotatable bonds is 1. The van der Waals surface area contributed by atoms with E-state index < -0.39 is 5.91 Å². The number of carbonyl (C=O) groups is 1. The molecule has 0 fully saturated rings. The van der Waals surface area contributed by atoms with Crippen molar-refractivity contribution >= 4 is 21.8 Å². The Morgan fingerprint density at radius 1 is 1.83 bits per heavy atom. The van der Waals surface area contributed by atoms with Gasteiger partial charge in [0.2, 0.25) is 0 Å². The van der Waals surface area contributed by atoms with Crippen LogP contribution in [0.1, 0.15) is 0 Å². The molecule has 0 unspecified atom stereocenters. The Morgan fingerprint density at radius 2 is 2.00 bits per heavy atom. The van der Waals surface area contributed by atoms with E-state index in [0.717, 1.165) is 0 Å². The topological polar surface area (TPSA) is 40.9 Å². The zero-order chi connectivity index (χ0) is 5.15. The van der Waals surface area contributed by atoms with E-state index in [1.165, 1.54) is 0 Å². The summed E-state index contributed by atoms with van der Waals surface area (Å²) in [4.78, 5) is 9.66. The smallest absolute Gasteiger partial charge is 0.267 e. The van der Waals surface area contributed by atoms with Crippen LogP contribution >= 0.6 is 15.9 Å². The van der Waals surface area contributed by atoms with Crippen LogP contribution in [0.3, 0.4) is 0 Å². The van der Waals surface area contributed by atoms with Crippen LogP contribution in [0.5, 0.6) is 0 Å². The summed E-state index contributed by atoms with van der Waals surface area (Å²) in [7, 11) is 0. The summed E-state index contributed by atoms with van der Waals surface area (Å²) in [6.45, 7) is 3.13. The van der Waals surface area contributed by atoms with Gasteiger partial charge in [-0.1, -0.05) is 6.58 Å². The highest BCUT2D eigenvalue weighted by molar-refractivity contribution is 9.12. The average Bonchev–Trinajstić information content (AvgIpc) is 1.36. The van der Waals surface area contributed by atoms with Crippen LogP contribution in [0, 0.1) is 0 Å². The van der Waals surface area contributed by atoms with Gasteiger partial charge in [0.1, 0.15) is 0 Å². The normalized spacial score (nSPS) is 7.50. The summed E-state index contributed by atoms with van der Waals surface area (Å²) < 4.78 is 0.0995. The lowest BCUT2D eigenvalue weighted by atomic mass is 10.6. The molecule has 2 nitrogen and oxygen atoms in total. The maximum absolute atomic E-state index is 9.66. The van der Waals surface area contributed by atoms with E-state index in [9.17, 15) is 4.79 Å². The lowest BCUT2D eigenvalue weighted by molar-refractivity contribution is -0.114. The second-order valence-corrected chi connectivity index (χ2v) is 1.69. The van der Waals surface area contributed by atoms with Crippen LogP contribution in [0.4, 0.5) is 0 Å². The molecular weight excluding hydrogens is 146 g/mol. The number of amides is 1. The Labute approximate surface area is 44.1 Å². The lowest BCUT2D eigenvalue weighted by Crippen LogP contribution is -1.93. The molecule has 0 aromatic carbocycles. The Bertz CT molecular complexity index is 76.8. The number of carbonyl (C=O) groups excluding carboxylic acids is 1. The highest BCUT2D eigenvalue weighted by Gasteiger charge is 1.91. The largest absolute Gasteiger partial charge is 0.276 e. The molecular formula is C3H3BrNO. The van der Waals surface area contributed by atoms with E-state index in [-0.39, 0.29) is 4.48 Å². The summed E-state index contributed by atoms with van der Waals surface area (Å²) in [5, 5.41) is 0. The highest BCUT2D eigenvalue weighted by Crippen LogP contribution is 1.96. The third kappa shape index (κ3) is 1.96. The zero-order valence-electron chi connectivity index (χ0n) is 2.99. The predicted molar refractivity (Wildman–Crippen MR) is 26.2 cm³/mol. The van der Waals surface area contributed by atoms with Crippen molar-refractivity contribution in [1.82, 2.24) is 5.73 Å². The molecule has 3 heteroatoms. The molecule has 1 N–H and O–H groups in total. The maximum atomic E-state index is 9.66. The number of halogens is 1. The first-order valence-electron chi connectivity index (χ1n) is 1.25. The van der Waals surface area contributed by atoms with Gasteiger partial charge < -0.3 is 0 Å². The van der Waals surface area contributed by atoms with Crippen LogP contribution in [-0.2, 0) is 4.79 Å². The average molecular weight is 149 g/mol. The molecule has 0 rings (SSSR count). The second-order valence-electron chi connectivity index (χ2n) is 0.734. The fourth-order valence-corrected chi connectivity index (χ4v) is 0. The highest BCUT2D eigenvalue weighted by atomic mass is 79.9. The first-order chi connectivity index (χ1) is 2.64. The molecule has 0 bridgehead atoms.